The van der Waals surface area contributed by atoms with Gasteiger partial charge in [-0.2, -0.15) is 0 Å². The average Bonchev–Trinajstić information content (AvgIpc) is 3.25. The highest BCUT2D eigenvalue weighted by Crippen LogP contribution is 2.69. The molecule has 2 aliphatic heterocycles. The molecule has 6 rings (SSSR count). The fourth-order valence-corrected chi connectivity index (χ4v) is 8.29. The van der Waals surface area contributed by atoms with Crippen LogP contribution in [0, 0.1) is 28.6 Å². The van der Waals surface area contributed by atoms with Crippen LogP contribution in [-0.2, 0) is 14.2 Å². The van der Waals surface area contributed by atoms with E-state index in [2.05, 4.69) is 41.7 Å². The standard InChI is InChI=1S/C21H27IO3/c1-19-5-4-15-13(14(19)2-3-18(19)22)10-17-16-11-21(24-8-9-25-21)7-6-20(15,16)12-23-17/h3,11,13-15,17H,2,4-10,12H2,1H3/t13?,14?,15?,17-,19?,20?/m1/s1. The average molecular weight is 454 g/mol. The van der Waals surface area contributed by atoms with Gasteiger partial charge in [0.25, 0.3) is 0 Å². The van der Waals surface area contributed by atoms with Crippen molar-refractivity contribution < 1.29 is 14.2 Å². The Bertz CT molecular complexity index is 679. The summed E-state index contributed by atoms with van der Waals surface area (Å²) in [5.74, 6) is 2.03. The van der Waals surface area contributed by atoms with E-state index in [0.29, 0.717) is 11.5 Å². The van der Waals surface area contributed by atoms with E-state index in [4.69, 9.17) is 14.2 Å². The van der Waals surface area contributed by atoms with E-state index in [0.717, 1.165) is 44.0 Å². The summed E-state index contributed by atoms with van der Waals surface area (Å²) in [6.07, 6.45) is 12.6. The summed E-state index contributed by atoms with van der Waals surface area (Å²) in [5, 5.41) is 0. The Morgan fingerprint density at radius 3 is 2.80 bits per heavy atom. The zero-order valence-electron chi connectivity index (χ0n) is 14.9. The van der Waals surface area contributed by atoms with E-state index >= 15 is 0 Å². The molecule has 3 nitrogen and oxygen atoms in total. The Labute approximate surface area is 163 Å². The van der Waals surface area contributed by atoms with Gasteiger partial charge >= 0.3 is 0 Å². The Hall–Kier alpha value is 0.0900. The molecule has 2 saturated carbocycles. The first-order chi connectivity index (χ1) is 12.1. The lowest BCUT2D eigenvalue weighted by Crippen LogP contribution is -2.53. The molecule has 136 valence electrons. The molecule has 4 heteroatoms. The monoisotopic (exact) mass is 454 g/mol. The van der Waals surface area contributed by atoms with Crippen molar-refractivity contribution in [1.82, 2.24) is 0 Å². The molecule has 4 fully saturated rings. The van der Waals surface area contributed by atoms with Crippen molar-refractivity contribution in [2.45, 2.75) is 57.3 Å². The van der Waals surface area contributed by atoms with Crippen LogP contribution in [0.3, 0.4) is 0 Å². The second-order valence-corrected chi connectivity index (χ2v) is 10.6. The maximum absolute atomic E-state index is 6.42. The van der Waals surface area contributed by atoms with Crippen LogP contribution in [0.4, 0.5) is 0 Å². The smallest absolute Gasteiger partial charge is 0.188 e. The molecule has 6 aliphatic rings. The molecule has 6 atom stereocenters. The number of rotatable bonds is 0. The van der Waals surface area contributed by atoms with Gasteiger partial charge in [0, 0.05) is 17.3 Å². The zero-order valence-corrected chi connectivity index (χ0v) is 17.1. The van der Waals surface area contributed by atoms with Gasteiger partial charge in [0.15, 0.2) is 5.79 Å². The third kappa shape index (κ3) is 1.93. The molecule has 0 N–H and O–H groups in total. The molecular formula is C21H27IO3. The first-order valence-corrected chi connectivity index (χ1v) is 11.1. The molecule has 1 spiro atoms. The molecule has 4 aliphatic carbocycles. The lowest BCUT2D eigenvalue weighted by atomic mass is 9.47. The molecule has 2 heterocycles. The fourth-order valence-electron chi connectivity index (χ4n) is 7.37. The number of hydrogen-bond acceptors (Lipinski definition) is 3. The van der Waals surface area contributed by atoms with E-state index in [-0.39, 0.29) is 5.41 Å². The first kappa shape index (κ1) is 16.1. The Balaban J connectivity index is 1.40. The summed E-state index contributed by atoms with van der Waals surface area (Å²) in [5.41, 5.74) is 2.27. The maximum Gasteiger partial charge on any atom is 0.188 e. The molecule has 0 aromatic carbocycles. The van der Waals surface area contributed by atoms with Crippen LogP contribution >= 0.6 is 22.6 Å². The van der Waals surface area contributed by atoms with E-state index in [9.17, 15) is 0 Å². The van der Waals surface area contributed by atoms with Gasteiger partial charge in [-0.1, -0.05) is 13.0 Å². The number of hydrogen-bond donors (Lipinski definition) is 0. The Morgan fingerprint density at radius 2 is 1.96 bits per heavy atom. The van der Waals surface area contributed by atoms with Crippen molar-refractivity contribution in [3.8, 4) is 0 Å². The molecular weight excluding hydrogens is 427 g/mol. The molecule has 2 bridgehead atoms. The minimum atomic E-state index is -0.426. The van der Waals surface area contributed by atoms with Crippen molar-refractivity contribution in [3.63, 3.8) is 0 Å². The van der Waals surface area contributed by atoms with Crippen LogP contribution in [0.5, 0.6) is 0 Å². The molecule has 25 heavy (non-hydrogen) atoms. The number of ether oxygens (including phenoxy) is 3. The predicted octanol–water partition coefficient (Wildman–Crippen LogP) is 4.61. The SMILES string of the molecule is CC12CCC3C(C[C@H]4OCC35CCC3(C=C45)OCCO3)C1CC=C2I. The van der Waals surface area contributed by atoms with Crippen LogP contribution in [0.2, 0.25) is 0 Å². The molecule has 0 amide bonds. The van der Waals surface area contributed by atoms with Gasteiger partial charge in [-0.05, 0) is 87.7 Å². The van der Waals surface area contributed by atoms with Crippen molar-refractivity contribution in [3.05, 3.63) is 21.3 Å². The predicted molar refractivity (Wildman–Crippen MR) is 103 cm³/mol. The minimum Gasteiger partial charge on any atom is -0.373 e. The van der Waals surface area contributed by atoms with Crippen molar-refractivity contribution in [1.29, 1.82) is 0 Å². The van der Waals surface area contributed by atoms with Gasteiger partial charge in [-0.3, -0.25) is 0 Å². The minimum absolute atomic E-state index is 0.281. The molecule has 5 unspecified atom stereocenters. The lowest BCUT2D eigenvalue weighted by molar-refractivity contribution is -0.141. The van der Waals surface area contributed by atoms with Crippen LogP contribution in [-0.4, -0.2) is 31.7 Å². The van der Waals surface area contributed by atoms with Crippen molar-refractivity contribution >= 4 is 22.6 Å². The first-order valence-electron chi connectivity index (χ1n) is 10.1. The molecule has 2 saturated heterocycles. The van der Waals surface area contributed by atoms with Crippen LogP contribution in [0.1, 0.15) is 45.4 Å². The number of allylic oxidation sites excluding steroid dienone is 2. The molecule has 0 aromatic rings. The summed E-state index contributed by atoms with van der Waals surface area (Å²) in [7, 11) is 0. The van der Waals surface area contributed by atoms with E-state index in [1.807, 2.05) is 0 Å². The maximum atomic E-state index is 6.42. The Kier molecular flexibility index (Phi) is 3.29. The van der Waals surface area contributed by atoms with Gasteiger partial charge < -0.3 is 14.2 Å². The zero-order chi connectivity index (χ0) is 16.9. The highest BCUT2D eigenvalue weighted by atomic mass is 127. The summed E-state index contributed by atoms with van der Waals surface area (Å²) in [6, 6.07) is 0. The molecule has 0 radical (unpaired) electrons. The van der Waals surface area contributed by atoms with E-state index < -0.39 is 5.79 Å². The fraction of sp³-hybridized carbons (Fsp3) is 0.810. The summed E-state index contributed by atoms with van der Waals surface area (Å²) < 4.78 is 20.1. The Morgan fingerprint density at radius 1 is 1.12 bits per heavy atom. The van der Waals surface area contributed by atoms with Crippen LogP contribution in [0.15, 0.2) is 21.3 Å². The van der Waals surface area contributed by atoms with Gasteiger partial charge in [-0.15, -0.1) is 0 Å². The van der Waals surface area contributed by atoms with Gasteiger partial charge in [0.1, 0.15) is 0 Å². The highest BCUT2D eigenvalue weighted by Gasteiger charge is 2.64. The second kappa shape index (κ2) is 5.12. The highest BCUT2D eigenvalue weighted by molar-refractivity contribution is 14.1. The van der Waals surface area contributed by atoms with Crippen LogP contribution < -0.4 is 0 Å². The van der Waals surface area contributed by atoms with Crippen molar-refractivity contribution in [2.24, 2.45) is 28.6 Å². The normalized spacial score (nSPS) is 52.4. The topological polar surface area (TPSA) is 27.7 Å². The summed E-state index contributed by atoms with van der Waals surface area (Å²) in [6.45, 7) is 4.94. The van der Waals surface area contributed by atoms with Gasteiger partial charge in [0.2, 0.25) is 0 Å². The number of halogens is 1. The number of fused-ring (bicyclic) bond motifs is 3. The largest absolute Gasteiger partial charge is 0.373 e. The van der Waals surface area contributed by atoms with Gasteiger partial charge in [0.05, 0.1) is 25.9 Å². The summed E-state index contributed by atoms with van der Waals surface area (Å²) >= 11 is 2.62. The molecule has 0 aromatic heterocycles. The third-order valence-electron chi connectivity index (χ3n) is 8.65. The quantitative estimate of drug-likeness (QED) is 0.395. The van der Waals surface area contributed by atoms with E-state index in [1.54, 1.807) is 9.15 Å². The third-order valence-corrected chi connectivity index (χ3v) is 10.3. The van der Waals surface area contributed by atoms with Crippen molar-refractivity contribution in [2.75, 3.05) is 19.8 Å². The van der Waals surface area contributed by atoms with Gasteiger partial charge in [-0.25, -0.2) is 0 Å². The lowest BCUT2D eigenvalue weighted by Gasteiger charge is -2.57. The summed E-state index contributed by atoms with van der Waals surface area (Å²) in [4.78, 5) is 0. The van der Waals surface area contributed by atoms with Crippen LogP contribution in [0.25, 0.3) is 0 Å². The van der Waals surface area contributed by atoms with E-state index in [1.165, 1.54) is 32.1 Å². The second-order valence-electron chi connectivity index (χ2n) is 9.42.